The second-order valence-corrected chi connectivity index (χ2v) is 4.72. The highest BCUT2D eigenvalue weighted by Crippen LogP contribution is 2.31. The largest absolute Gasteiger partial charge is 0.370 e. The molecular formula is C12H14Cl2N2O. The van der Waals surface area contributed by atoms with E-state index in [1.165, 1.54) is 12.8 Å². The monoisotopic (exact) mass is 272 g/mol. The summed E-state index contributed by atoms with van der Waals surface area (Å²) in [6.45, 7) is 2.10. The smallest absolute Gasteiger partial charge is 0.239 e. The molecule has 0 aromatic heterocycles. The Morgan fingerprint density at radius 1 is 1.35 bits per heavy atom. The first-order valence-electron chi connectivity index (χ1n) is 5.61. The normalized spacial score (nSPS) is 15.1. The van der Waals surface area contributed by atoms with Crippen molar-refractivity contribution in [2.75, 3.05) is 29.2 Å². The molecule has 1 heterocycles. The lowest BCUT2D eigenvalue weighted by Gasteiger charge is -2.19. The Hall–Kier alpha value is -0.930. The maximum atomic E-state index is 11.1. The van der Waals surface area contributed by atoms with Gasteiger partial charge >= 0.3 is 0 Å². The van der Waals surface area contributed by atoms with Gasteiger partial charge in [-0.25, -0.2) is 0 Å². The maximum Gasteiger partial charge on any atom is 0.239 e. The molecule has 17 heavy (non-hydrogen) atoms. The zero-order valence-corrected chi connectivity index (χ0v) is 10.9. The van der Waals surface area contributed by atoms with E-state index in [4.69, 9.17) is 23.2 Å². The van der Waals surface area contributed by atoms with E-state index in [0.29, 0.717) is 10.7 Å². The minimum absolute atomic E-state index is 0.0501. The highest BCUT2D eigenvalue weighted by atomic mass is 35.5. The molecule has 0 unspecified atom stereocenters. The molecule has 0 saturated carbocycles. The summed E-state index contributed by atoms with van der Waals surface area (Å²) in [5.74, 6) is -0.275. The Labute approximate surface area is 111 Å². The summed E-state index contributed by atoms with van der Waals surface area (Å²) in [4.78, 5) is 13.4. The lowest BCUT2D eigenvalue weighted by molar-refractivity contribution is -0.113. The third kappa shape index (κ3) is 3.05. The van der Waals surface area contributed by atoms with Crippen LogP contribution in [0.5, 0.6) is 0 Å². The van der Waals surface area contributed by atoms with Gasteiger partial charge in [0.25, 0.3) is 0 Å². The van der Waals surface area contributed by atoms with Gasteiger partial charge in [0.1, 0.15) is 5.88 Å². The number of anilines is 2. The molecule has 1 aliphatic rings. The number of rotatable bonds is 3. The molecule has 1 amide bonds. The standard InChI is InChI=1S/C12H14Cl2N2O/c13-8-12(17)15-9-3-4-11(10(14)7-9)16-5-1-2-6-16/h3-4,7H,1-2,5-6,8H2,(H,15,17). The fraction of sp³-hybridized carbons (Fsp3) is 0.417. The Morgan fingerprint density at radius 2 is 2.06 bits per heavy atom. The molecule has 2 rings (SSSR count). The van der Waals surface area contributed by atoms with Gasteiger partial charge in [-0.3, -0.25) is 4.79 Å². The number of hydrogen-bond acceptors (Lipinski definition) is 2. The molecule has 0 bridgehead atoms. The van der Waals surface area contributed by atoms with E-state index < -0.39 is 0 Å². The van der Waals surface area contributed by atoms with E-state index in [-0.39, 0.29) is 11.8 Å². The molecule has 1 aliphatic heterocycles. The molecule has 1 aromatic rings. The van der Waals surface area contributed by atoms with Crippen LogP contribution in [0.3, 0.4) is 0 Å². The van der Waals surface area contributed by atoms with Crippen LogP contribution in [0.1, 0.15) is 12.8 Å². The van der Waals surface area contributed by atoms with Crippen molar-refractivity contribution in [2.45, 2.75) is 12.8 Å². The first-order chi connectivity index (χ1) is 8.20. The van der Waals surface area contributed by atoms with Crippen molar-refractivity contribution in [2.24, 2.45) is 0 Å². The second kappa shape index (κ2) is 5.61. The Balaban J connectivity index is 2.13. The predicted molar refractivity (Wildman–Crippen MR) is 72.2 cm³/mol. The number of halogens is 2. The minimum atomic E-state index is -0.225. The molecule has 0 atom stereocenters. The van der Waals surface area contributed by atoms with Gasteiger partial charge in [-0.1, -0.05) is 11.6 Å². The molecule has 3 nitrogen and oxygen atoms in total. The first-order valence-corrected chi connectivity index (χ1v) is 6.52. The number of benzene rings is 1. The molecule has 1 fully saturated rings. The quantitative estimate of drug-likeness (QED) is 0.858. The van der Waals surface area contributed by atoms with Crippen molar-refractivity contribution in [1.82, 2.24) is 0 Å². The van der Waals surface area contributed by atoms with Crippen molar-refractivity contribution in [3.05, 3.63) is 23.2 Å². The molecule has 1 saturated heterocycles. The van der Waals surface area contributed by atoms with Crippen molar-refractivity contribution in [3.8, 4) is 0 Å². The van der Waals surface area contributed by atoms with Gasteiger partial charge in [0.2, 0.25) is 5.91 Å². The van der Waals surface area contributed by atoms with Crippen LogP contribution < -0.4 is 10.2 Å². The van der Waals surface area contributed by atoms with Crippen LogP contribution in [0.25, 0.3) is 0 Å². The topological polar surface area (TPSA) is 32.3 Å². The van der Waals surface area contributed by atoms with Gasteiger partial charge in [-0.15, -0.1) is 11.6 Å². The molecule has 1 aromatic carbocycles. The Bertz CT molecular complexity index is 417. The number of amides is 1. The van der Waals surface area contributed by atoms with Crippen LogP contribution >= 0.6 is 23.2 Å². The highest BCUT2D eigenvalue weighted by Gasteiger charge is 2.15. The lowest BCUT2D eigenvalue weighted by Crippen LogP contribution is -2.18. The summed E-state index contributed by atoms with van der Waals surface area (Å²) in [6.07, 6.45) is 2.42. The summed E-state index contributed by atoms with van der Waals surface area (Å²) in [7, 11) is 0. The highest BCUT2D eigenvalue weighted by molar-refractivity contribution is 6.33. The van der Waals surface area contributed by atoms with Crippen LogP contribution in [0.2, 0.25) is 5.02 Å². The van der Waals surface area contributed by atoms with Gasteiger partial charge in [-0.05, 0) is 31.0 Å². The molecule has 92 valence electrons. The van der Waals surface area contributed by atoms with Crippen LogP contribution in [0, 0.1) is 0 Å². The fourth-order valence-corrected chi connectivity index (χ4v) is 2.36. The van der Waals surface area contributed by atoms with E-state index in [1.807, 2.05) is 12.1 Å². The average molecular weight is 273 g/mol. The Kier molecular flexibility index (Phi) is 4.13. The van der Waals surface area contributed by atoms with Crippen LogP contribution in [0.15, 0.2) is 18.2 Å². The minimum Gasteiger partial charge on any atom is -0.370 e. The van der Waals surface area contributed by atoms with E-state index >= 15 is 0 Å². The first kappa shape index (κ1) is 12.5. The third-order valence-electron chi connectivity index (χ3n) is 2.80. The number of hydrogen-bond donors (Lipinski definition) is 1. The van der Waals surface area contributed by atoms with Crippen LogP contribution in [-0.2, 0) is 4.79 Å². The van der Waals surface area contributed by atoms with Crippen molar-refractivity contribution >= 4 is 40.5 Å². The van der Waals surface area contributed by atoms with Gasteiger partial charge in [-0.2, -0.15) is 0 Å². The van der Waals surface area contributed by atoms with Crippen molar-refractivity contribution < 1.29 is 4.79 Å². The number of nitrogens with zero attached hydrogens (tertiary/aromatic N) is 1. The molecule has 1 N–H and O–H groups in total. The molecule has 0 aliphatic carbocycles. The van der Waals surface area contributed by atoms with Gasteiger partial charge in [0.05, 0.1) is 10.7 Å². The van der Waals surface area contributed by atoms with E-state index in [0.717, 1.165) is 18.8 Å². The predicted octanol–water partition coefficient (Wildman–Crippen LogP) is 3.12. The zero-order chi connectivity index (χ0) is 12.3. The Morgan fingerprint density at radius 3 is 2.65 bits per heavy atom. The molecule has 0 radical (unpaired) electrons. The van der Waals surface area contributed by atoms with E-state index in [9.17, 15) is 4.79 Å². The van der Waals surface area contributed by atoms with Gasteiger partial charge in [0, 0.05) is 18.8 Å². The van der Waals surface area contributed by atoms with E-state index in [1.54, 1.807) is 6.07 Å². The lowest BCUT2D eigenvalue weighted by atomic mass is 10.2. The van der Waals surface area contributed by atoms with Crippen molar-refractivity contribution in [3.63, 3.8) is 0 Å². The fourth-order valence-electron chi connectivity index (χ4n) is 1.99. The van der Waals surface area contributed by atoms with Crippen LogP contribution in [0.4, 0.5) is 11.4 Å². The molecule has 5 heteroatoms. The van der Waals surface area contributed by atoms with Crippen molar-refractivity contribution in [1.29, 1.82) is 0 Å². The third-order valence-corrected chi connectivity index (χ3v) is 3.35. The number of carbonyl (C=O) groups is 1. The van der Waals surface area contributed by atoms with E-state index in [2.05, 4.69) is 10.2 Å². The molecular weight excluding hydrogens is 259 g/mol. The average Bonchev–Trinajstić information content (AvgIpc) is 2.82. The molecule has 0 spiro atoms. The summed E-state index contributed by atoms with van der Waals surface area (Å²) in [6, 6.07) is 5.56. The summed E-state index contributed by atoms with van der Waals surface area (Å²) >= 11 is 11.6. The number of nitrogens with one attached hydrogen (secondary N) is 1. The second-order valence-electron chi connectivity index (χ2n) is 4.04. The summed E-state index contributed by atoms with van der Waals surface area (Å²) < 4.78 is 0. The zero-order valence-electron chi connectivity index (χ0n) is 9.38. The number of carbonyl (C=O) groups excluding carboxylic acids is 1. The summed E-state index contributed by atoms with van der Waals surface area (Å²) in [5, 5.41) is 3.34. The van der Waals surface area contributed by atoms with Crippen LogP contribution in [-0.4, -0.2) is 24.9 Å². The van der Waals surface area contributed by atoms with Gasteiger partial charge in [0.15, 0.2) is 0 Å². The number of alkyl halides is 1. The summed E-state index contributed by atoms with van der Waals surface area (Å²) in [5.41, 5.74) is 1.72. The SMILES string of the molecule is O=C(CCl)Nc1ccc(N2CCCC2)c(Cl)c1. The van der Waals surface area contributed by atoms with Gasteiger partial charge < -0.3 is 10.2 Å². The maximum absolute atomic E-state index is 11.1.